The van der Waals surface area contributed by atoms with Crippen LogP contribution in [0.5, 0.6) is 0 Å². The van der Waals surface area contributed by atoms with E-state index in [4.69, 9.17) is 0 Å². The number of benzene rings is 1. The predicted molar refractivity (Wildman–Crippen MR) is 85.6 cm³/mol. The van der Waals surface area contributed by atoms with Crippen LogP contribution in [0.2, 0.25) is 0 Å². The first-order valence-electron chi connectivity index (χ1n) is 6.25. The van der Waals surface area contributed by atoms with Gasteiger partial charge in [-0.2, -0.15) is 0 Å². The maximum Gasteiger partial charge on any atom is 0.236 e. The van der Waals surface area contributed by atoms with Gasteiger partial charge in [-0.1, -0.05) is 15.9 Å². The van der Waals surface area contributed by atoms with E-state index in [2.05, 4.69) is 26.6 Å². The Balaban J connectivity index is 2.59. The molecular weight excluding hydrogens is 324 g/mol. The molecule has 0 aliphatic rings. The quantitative estimate of drug-likeness (QED) is 0.779. The van der Waals surface area contributed by atoms with Crippen molar-refractivity contribution in [2.45, 2.75) is 36.5 Å². The summed E-state index contributed by atoms with van der Waals surface area (Å²) in [5.74, 6) is 0.0579. The lowest BCUT2D eigenvalue weighted by molar-refractivity contribution is -0.122. The molecule has 0 saturated carbocycles. The number of carbonyl (C=O) groups excluding carboxylic acids is 1. The molecule has 0 radical (unpaired) electrons. The van der Waals surface area contributed by atoms with Gasteiger partial charge in [0.2, 0.25) is 5.91 Å². The fourth-order valence-corrected chi connectivity index (χ4v) is 2.69. The first-order chi connectivity index (χ1) is 8.85. The number of carbonyl (C=O) groups is 1. The van der Waals surface area contributed by atoms with Crippen molar-refractivity contribution in [1.29, 1.82) is 0 Å². The van der Waals surface area contributed by atoms with E-state index in [9.17, 15) is 4.79 Å². The molecule has 1 aromatic rings. The molecule has 5 heteroatoms. The second-order valence-electron chi connectivity index (χ2n) is 4.97. The van der Waals surface area contributed by atoms with Crippen LogP contribution in [0, 0.1) is 0 Å². The molecule has 19 heavy (non-hydrogen) atoms. The summed E-state index contributed by atoms with van der Waals surface area (Å²) in [6, 6.07) is 8.27. The highest BCUT2D eigenvalue weighted by Gasteiger charge is 2.28. The average molecular weight is 345 g/mol. The van der Waals surface area contributed by atoms with Crippen molar-refractivity contribution in [3.05, 3.63) is 28.7 Å². The Hall–Kier alpha value is -0.520. The van der Waals surface area contributed by atoms with Gasteiger partial charge in [0, 0.05) is 22.0 Å². The normalized spacial score (nSPS) is 13.1. The van der Waals surface area contributed by atoms with E-state index in [-0.39, 0.29) is 11.9 Å². The zero-order valence-electron chi connectivity index (χ0n) is 11.8. The zero-order chi connectivity index (χ0) is 14.5. The summed E-state index contributed by atoms with van der Waals surface area (Å²) < 4.78 is 0.559. The average Bonchev–Trinajstić information content (AvgIpc) is 2.37. The third-order valence-corrected chi connectivity index (χ3v) is 4.53. The van der Waals surface area contributed by atoms with Gasteiger partial charge < -0.3 is 10.6 Å². The minimum atomic E-state index is -0.485. The molecule has 3 nitrogen and oxygen atoms in total. The van der Waals surface area contributed by atoms with E-state index in [1.165, 1.54) is 0 Å². The highest BCUT2D eigenvalue weighted by molar-refractivity contribution is 9.10. The molecule has 1 aromatic carbocycles. The van der Waals surface area contributed by atoms with Gasteiger partial charge in [-0.05, 0) is 52.1 Å². The molecule has 1 amide bonds. The second-order valence-corrected chi connectivity index (χ2v) is 7.58. The Bertz CT molecular complexity index is 420. The maximum absolute atomic E-state index is 12.2. The number of hydrogen-bond acceptors (Lipinski definition) is 3. The van der Waals surface area contributed by atoms with E-state index < -0.39 is 4.75 Å². The third-order valence-electron chi connectivity index (χ3n) is 2.80. The Morgan fingerprint density at radius 3 is 2.47 bits per heavy atom. The van der Waals surface area contributed by atoms with E-state index in [0.29, 0.717) is 6.54 Å². The number of likely N-dealkylation sites (N-methyl/N-ethyl adjacent to an activating group) is 1. The minimum Gasteiger partial charge on any atom is -0.353 e. The van der Waals surface area contributed by atoms with Crippen LogP contribution in [0.25, 0.3) is 0 Å². The molecule has 0 spiro atoms. The number of rotatable bonds is 6. The first kappa shape index (κ1) is 16.5. The van der Waals surface area contributed by atoms with Crippen LogP contribution in [0.1, 0.15) is 20.8 Å². The molecule has 106 valence electrons. The molecule has 1 rings (SSSR count). The monoisotopic (exact) mass is 344 g/mol. The molecule has 2 N–H and O–H groups in total. The van der Waals surface area contributed by atoms with Crippen molar-refractivity contribution in [3.8, 4) is 0 Å². The number of halogens is 1. The molecular formula is C14H21BrN2OS. The number of amides is 1. The third kappa shape index (κ3) is 5.55. The van der Waals surface area contributed by atoms with Crippen molar-refractivity contribution < 1.29 is 4.79 Å². The number of hydrogen-bond donors (Lipinski definition) is 2. The highest BCUT2D eigenvalue weighted by atomic mass is 79.9. The molecule has 0 aliphatic carbocycles. The van der Waals surface area contributed by atoms with Gasteiger partial charge in [0.1, 0.15) is 0 Å². The lowest BCUT2D eigenvalue weighted by Gasteiger charge is -2.24. The van der Waals surface area contributed by atoms with E-state index in [1.54, 1.807) is 11.8 Å². The Morgan fingerprint density at radius 2 is 1.95 bits per heavy atom. The van der Waals surface area contributed by atoms with Gasteiger partial charge in [-0.25, -0.2) is 0 Å². The summed E-state index contributed by atoms with van der Waals surface area (Å²) in [5.41, 5.74) is 0. The SMILES string of the molecule is CNC(C)CNC(=O)C(C)(C)Sc1ccc(Br)cc1. The maximum atomic E-state index is 12.2. The summed E-state index contributed by atoms with van der Waals surface area (Å²) in [6.45, 7) is 6.56. The van der Waals surface area contributed by atoms with Crippen LogP contribution in [0.3, 0.4) is 0 Å². The minimum absolute atomic E-state index is 0.0579. The Morgan fingerprint density at radius 1 is 1.37 bits per heavy atom. The molecule has 0 aromatic heterocycles. The fraction of sp³-hybridized carbons (Fsp3) is 0.500. The van der Waals surface area contributed by atoms with Gasteiger partial charge in [-0.15, -0.1) is 11.8 Å². The van der Waals surface area contributed by atoms with Gasteiger partial charge in [0.25, 0.3) is 0 Å². The van der Waals surface area contributed by atoms with Crippen molar-refractivity contribution in [1.82, 2.24) is 10.6 Å². The lowest BCUT2D eigenvalue weighted by Crippen LogP contribution is -2.44. The first-order valence-corrected chi connectivity index (χ1v) is 7.86. The van der Waals surface area contributed by atoms with Crippen molar-refractivity contribution in [2.24, 2.45) is 0 Å². The molecule has 1 unspecified atom stereocenters. The topological polar surface area (TPSA) is 41.1 Å². The molecule has 0 fully saturated rings. The molecule has 0 saturated heterocycles. The Labute approximate surface area is 128 Å². The highest BCUT2D eigenvalue weighted by Crippen LogP contribution is 2.33. The Kier molecular flexibility index (Phi) is 6.36. The summed E-state index contributed by atoms with van der Waals surface area (Å²) in [6.07, 6.45) is 0. The molecule has 1 atom stereocenters. The van der Waals surface area contributed by atoms with Crippen molar-refractivity contribution in [3.63, 3.8) is 0 Å². The number of nitrogens with one attached hydrogen (secondary N) is 2. The van der Waals surface area contributed by atoms with E-state index in [0.717, 1.165) is 9.37 Å². The lowest BCUT2D eigenvalue weighted by atomic mass is 10.2. The molecule has 0 aliphatic heterocycles. The van der Waals surface area contributed by atoms with Gasteiger partial charge >= 0.3 is 0 Å². The summed E-state index contributed by atoms with van der Waals surface area (Å²) in [5, 5.41) is 6.07. The standard InChI is InChI=1S/C14H21BrN2OS/c1-10(16-4)9-17-13(18)14(2,3)19-12-7-5-11(15)6-8-12/h5-8,10,16H,9H2,1-4H3,(H,17,18). The largest absolute Gasteiger partial charge is 0.353 e. The van der Waals surface area contributed by atoms with E-state index >= 15 is 0 Å². The van der Waals surface area contributed by atoms with Crippen LogP contribution < -0.4 is 10.6 Å². The van der Waals surface area contributed by atoms with Crippen LogP contribution >= 0.6 is 27.7 Å². The zero-order valence-corrected chi connectivity index (χ0v) is 14.2. The van der Waals surface area contributed by atoms with Gasteiger partial charge in [0.05, 0.1) is 4.75 Å². The van der Waals surface area contributed by atoms with Crippen LogP contribution in [0.15, 0.2) is 33.6 Å². The van der Waals surface area contributed by atoms with Crippen LogP contribution in [-0.2, 0) is 4.79 Å². The van der Waals surface area contributed by atoms with Crippen LogP contribution in [0.4, 0.5) is 0 Å². The van der Waals surface area contributed by atoms with E-state index in [1.807, 2.05) is 52.1 Å². The summed E-state index contributed by atoms with van der Waals surface area (Å²) in [7, 11) is 1.89. The van der Waals surface area contributed by atoms with Crippen molar-refractivity contribution >= 4 is 33.6 Å². The summed E-state index contributed by atoms with van der Waals surface area (Å²) in [4.78, 5) is 13.3. The molecule has 0 bridgehead atoms. The van der Waals surface area contributed by atoms with Crippen molar-refractivity contribution in [2.75, 3.05) is 13.6 Å². The summed E-state index contributed by atoms with van der Waals surface area (Å²) >= 11 is 4.98. The van der Waals surface area contributed by atoms with Crippen LogP contribution in [-0.4, -0.2) is 30.3 Å². The predicted octanol–water partition coefficient (Wildman–Crippen LogP) is 3.04. The molecule has 0 heterocycles. The second kappa shape index (κ2) is 7.31. The smallest absolute Gasteiger partial charge is 0.236 e. The van der Waals surface area contributed by atoms with Gasteiger partial charge in [0.15, 0.2) is 0 Å². The fourth-order valence-electron chi connectivity index (χ4n) is 1.40. The van der Waals surface area contributed by atoms with Gasteiger partial charge in [-0.3, -0.25) is 4.79 Å². The number of thioether (sulfide) groups is 1.